The Balaban J connectivity index is 2.19. The van der Waals surface area contributed by atoms with Crippen LogP contribution in [0.2, 0.25) is 0 Å². The summed E-state index contributed by atoms with van der Waals surface area (Å²) >= 11 is 0. The molecule has 3 nitrogen and oxygen atoms in total. The van der Waals surface area contributed by atoms with Crippen molar-refractivity contribution in [3.8, 4) is 5.75 Å². The Labute approximate surface area is 104 Å². The number of hydrogen-bond acceptors (Lipinski definition) is 3. The van der Waals surface area contributed by atoms with Crippen LogP contribution in [-0.4, -0.2) is 11.6 Å². The molecular formula is C14H24N2O. The summed E-state index contributed by atoms with van der Waals surface area (Å²) < 4.78 is 5.62. The van der Waals surface area contributed by atoms with E-state index in [1.54, 1.807) is 6.20 Å². The molecular weight excluding hydrogens is 212 g/mol. The number of nitrogens with zero attached hydrogens (tertiary/aromatic N) is 1. The highest BCUT2D eigenvalue weighted by Gasteiger charge is 2.01. The predicted molar refractivity (Wildman–Crippen MR) is 71.1 cm³/mol. The summed E-state index contributed by atoms with van der Waals surface area (Å²) in [6.07, 6.45) is 8.04. The molecule has 0 radical (unpaired) electrons. The highest BCUT2D eigenvalue weighted by Crippen LogP contribution is 2.13. The van der Waals surface area contributed by atoms with E-state index in [-0.39, 0.29) is 6.04 Å². The van der Waals surface area contributed by atoms with Crippen LogP contribution < -0.4 is 10.5 Å². The van der Waals surface area contributed by atoms with Crippen molar-refractivity contribution in [2.24, 2.45) is 5.73 Å². The van der Waals surface area contributed by atoms with Gasteiger partial charge in [0.05, 0.1) is 18.5 Å². The fourth-order valence-electron chi connectivity index (χ4n) is 1.64. The molecule has 1 heterocycles. The highest BCUT2D eigenvalue weighted by atomic mass is 16.5. The summed E-state index contributed by atoms with van der Waals surface area (Å²) in [7, 11) is 0. The zero-order valence-corrected chi connectivity index (χ0v) is 11.0. The first kappa shape index (κ1) is 14.0. The maximum atomic E-state index is 5.73. The van der Waals surface area contributed by atoms with Crippen LogP contribution in [0.3, 0.4) is 0 Å². The van der Waals surface area contributed by atoms with Crippen LogP contribution in [0.1, 0.15) is 57.7 Å². The fraction of sp³-hybridized carbons (Fsp3) is 0.643. The monoisotopic (exact) mass is 236 g/mol. The summed E-state index contributed by atoms with van der Waals surface area (Å²) in [4.78, 5) is 4.26. The molecule has 1 atom stereocenters. The van der Waals surface area contributed by atoms with Crippen molar-refractivity contribution in [2.45, 2.75) is 52.0 Å². The lowest BCUT2D eigenvalue weighted by Gasteiger charge is -2.08. The van der Waals surface area contributed by atoms with E-state index in [0.717, 1.165) is 24.5 Å². The second-order valence-electron chi connectivity index (χ2n) is 4.47. The topological polar surface area (TPSA) is 48.1 Å². The fourth-order valence-corrected chi connectivity index (χ4v) is 1.64. The molecule has 0 aliphatic rings. The van der Waals surface area contributed by atoms with Gasteiger partial charge in [0.2, 0.25) is 0 Å². The van der Waals surface area contributed by atoms with Crippen molar-refractivity contribution < 1.29 is 4.74 Å². The Hall–Kier alpha value is -1.09. The van der Waals surface area contributed by atoms with E-state index in [1.807, 2.05) is 19.1 Å². The van der Waals surface area contributed by atoms with Gasteiger partial charge in [0, 0.05) is 6.04 Å². The lowest BCUT2D eigenvalue weighted by molar-refractivity contribution is 0.303. The number of nitrogens with two attached hydrogens (primary N) is 1. The van der Waals surface area contributed by atoms with Gasteiger partial charge >= 0.3 is 0 Å². The molecule has 0 spiro atoms. The van der Waals surface area contributed by atoms with Gasteiger partial charge in [0.15, 0.2) is 0 Å². The molecule has 0 bridgehead atoms. The van der Waals surface area contributed by atoms with Crippen LogP contribution in [0.4, 0.5) is 0 Å². The lowest BCUT2D eigenvalue weighted by atomic mass is 10.2. The van der Waals surface area contributed by atoms with E-state index >= 15 is 0 Å². The van der Waals surface area contributed by atoms with Gasteiger partial charge in [0.25, 0.3) is 0 Å². The zero-order chi connectivity index (χ0) is 12.5. The van der Waals surface area contributed by atoms with Gasteiger partial charge in [0.1, 0.15) is 5.75 Å². The summed E-state index contributed by atoms with van der Waals surface area (Å²) in [6, 6.07) is 3.85. The number of rotatable bonds is 8. The van der Waals surface area contributed by atoms with Crippen molar-refractivity contribution in [3.05, 3.63) is 24.0 Å². The summed E-state index contributed by atoms with van der Waals surface area (Å²) in [5.41, 5.74) is 6.63. The van der Waals surface area contributed by atoms with E-state index in [2.05, 4.69) is 11.9 Å². The molecule has 3 heteroatoms. The average molecular weight is 236 g/mol. The Bertz CT molecular complexity index is 296. The SMILES string of the molecule is CCCCCCCOc1ccc([C@H](C)N)nc1. The molecule has 0 unspecified atom stereocenters. The third kappa shape index (κ3) is 5.68. The Kier molecular flexibility index (Phi) is 6.63. The van der Waals surface area contributed by atoms with Crippen LogP contribution in [0.25, 0.3) is 0 Å². The molecule has 0 aliphatic carbocycles. The highest BCUT2D eigenvalue weighted by molar-refractivity contribution is 5.21. The van der Waals surface area contributed by atoms with Crippen LogP contribution in [0.15, 0.2) is 18.3 Å². The first-order chi connectivity index (χ1) is 8.24. The molecule has 0 saturated heterocycles. The average Bonchev–Trinajstić information content (AvgIpc) is 2.34. The third-order valence-electron chi connectivity index (χ3n) is 2.74. The molecule has 1 aromatic heterocycles. The molecule has 0 aliphatic heterocycles. The molecule has 17 heavy (non-hydrogen) atoms. The Morgan fingerprint density at radius 3 is 2.59 bits per heavy atom. The molecule has 96 valence electrons. The first-order valence-electron chi connectivity index (χ1n) is 6.58. The van der Waals surface area contributed by atoms with Crippen LogP contribution in [0.5, 0.6) is 5.75 Å². The molecule has 0 aromatic carbocycles. The molecule has 0 fully saturated rings. The lowest BCUT2D eigenvalue weighted by Crippen LogP contribution is -2.07. The summed E-state index contributed by atoms with van der Waals surface area (Å²) in [5.74, 6) is 0.838. The number of hydrogen-bond donors (Lipinski definition) is 1. The molecule has 0 saturated carbocycles. The normalized spacial score (nSPS) is 12.4. The van der Waals surface area contributed by atoms with Gasteiger partial charge in [-0.3, -0.25) is 4.98 Å². The van der Waals surface area contributed by atoms with Gasteiger partial charge in [-0.15, -0.1) is 0 Å². The summed E-state index contributed by atoms with van der Waals surface area (Å²) in [5, 5.41) is 0. The number of unbranched alkanes of at least 4 members (excludes halogenated alkanes) is 4. The maximum Gasteiger partial charge on any atom is 0.137 e. The molecule has 1 rings (SSSR count). The minimum Gasteiger partial charge on any atom is -0.492 e. The minimum absolute atomic E-state index is 0.0157. The van der Waals surface area contributed by atoms with Gasteiger partial charge in [-0.05, 0) is 25.5 Å². The van der Waals surface area contributed by atoms with Crippen LogP contribution in [0, 0.1) is 0 Å². The number of pyridine rings is 1. The molecule has 0 amide bonds. The summed E-state index contributed by atoms with van der Waals surface area (Å²) in [6.45, 7) is 4.93. The first-order valence-corrected chi connectivity index (χ1v) is 6.58. The van der Waals surface area contributed by atoms with Crippen molar-refractivity contribution in [1.29, 1.82) is 0 Å². The van der Waals surface area contributed by atoms with Crippen molar-refractivity contribution in [1.82, 2.24) is 4.98 Å². The van der Waals surface area contributed by atoms with Gasteiger partial charge in [-0.1, -0.05) is 32.6 Å². The molecule has 1 aromatic rings. The van der Waals surface area contributed by atoms with Gasteiger partial charge in [-0.25, -0.2) is 0 Å². The van der Waals surface area contributed by atoms with Crippen LogP contribution >= 0.6 is 0 Å². The van der Waals surface area contributed by atoms with Crippen molar-refractivity contribution in [3.63, 3.8) is 0 Å². The predicted octanol–water partition coefficient (Wildman–Crippen LogP) is 3.45. The molecule has 2 N–H and O–H groups in total. The van der Waals surface area contributed by atoms with Gasteiger partial charge in [-0.2, -0.15) is 0 Å². The second kappa shape index (κ2) is 8.07. The third-order valence-corrected chi connectivity index (χ3v) is 2.74. The van der Waals surface area contributed by atoms with Crippen molar-refractivity contribution >= 4 is 0 Å². The largest absolute Gasteiger partial charge is 0.492 e. The van der Waals surface area contributed by atoms with E-state index in [4.69, 9.17) is 10.5 Å². The van der Waals surface area contributed by atoms with E-state index < -0.39 is 0 Å². The van der Waals surface area contributed by atoms with E-state index in [0.29, 0.717) is 0 Å². The van der Waals surface area contributed by atoms with Crippen molar-refractivity contribution in [2.75, 3.05) is 6.61 Å². The zero-order valence-electron chi connectivity index (χ0n) is 11.0. The van der Waals surface area contributed by atoms with Crippen LogP contribution in [-0.2, 0) is 0 Å². The minimum atomic E-state index is -0.0157. The standard InChI is InChI=1S/C14H24N2O/c1-3-4-5-6-7-10-17-13-8-9-14(12(2)15)16-11-13/h8-9,11-12H,3-7,10,15H2,1-2H3/t12-/m0/s1. The van der Waals surface area contributed by atoms with Gasteiger partial charge < -0.3 is 10.5 Å². The Morgan fingerprint density at radius 2 is 2.00 bits per heavy atom. The Morgan fingerprint density at radius 1 is 1.24 bits per heavy atom. The number of ether oxygens (including phenoxy) is 1. The second-order valence-corrected chi connectivity index (χ2v) is 4.47. The number of aromatic nitrogens is 1. The maximum absolute atomic E-state index is 5.73. The smallest absolute Gasteiger partial charge is 0.137 e. The quantitative estimate of drug-likeness (QED) is 0.703. The van der Waals surface area contributed by atoms with E-state index in [9.17, 15) is 0 Å². The van der Waals surface area contributed by atoms with E-state index in [1.165, 1.54) is 25.7 Å².